The van der Waals surface area contributed by atoms with Crippen molar-refractivity contribution in [3.63, 3.8) is 0 Å². The van der Waals surface area contributed by atoms with Crippen LogP contribution in [0.15, 0.2) is 207 Å². The van der Waals surface area contributed by atoms with E-state index in [0.29, 0.717) is 26.2 Å². The fourth-order valence-corrected chi connectivity index (χ4v) is 7.29. The molecule has 0 amide bonds. The first-order valence-corrected chi connectivity index (χ1v) is 20.3. The maximum atomic E-state index is 4.82. The third-order valence-corrected chi connectivity index (χ3v) is 10.2. The Morgan fingerprint density at radius 2 is 0.387 bits per heavy atom. The van der Waals surface area contributed by atoms with E-state index in [-0.39, 0.29) is 0 Å². The first-order chi connectivity index (χ1) is 30.8. The second-order valence-electron chi connectivity index (χ2n) is 14.2. The van der Waals surface area contributed by atoms with Crippen LogP contribution >= 0.6 is 0 Å². The lowest BCUT2D eigenvalue weighted by Crippen LogP contribution is -2.26. The molecule has 0 atom stereocenters. The number of anilines is 8. The lowest BCUT2D eigenvalue weighted by molar-refractivity contribution is 0.836. The zero-order chi connectivity index (χ0) is 41.8. The minimum Gasteiger partial charge on any atom is -0.307 e. The van der Waals surface area contributed by atoms with Crippen molar-refractivity contribution in [3.8, 4) is 0 Å². The standard InChI is InChI=1S/C50H42N12/c1-9-25-51-43(17-1)59(44-18-2-10-26-52-44)35-39-33-41(37-61(47-21-5-13-29-55-47)48-22-6-14-30-56-48)42(38-62(49-23-7-15-31-57-49)50-24-8-16-32-58-50)34-40(39)36-60(45-19-3-11-27-53-45)46-20-4-12-28-54-46/h1-34H,35-38H2. The normalized spacial score (nSPS) is 10.8. The van der Waals surface area contributed by atoms with Gasteiger partial charge in [-0.2, -0.15) is 0 Å². The molecular weight excluding hydrogens is 769 g/mol. The second kappa shape index (κ2) is 19.1. The van der Waals surface area contributed by atoms with Gasteiger partial charge in [-0.05, 0) is 119 Å². The molecule has 0 aliphatic rings. The van der Waals surface area contributed by atoms with Crippen molar-refractivity contribution in [1.82, 2.24) is 39.9 Å². The molecular formula is C50H42N12. The SMILES string of the molecule is c1ccc(N(Cc2cc(CN(c3ccccn3)c3ccccn3)c(CN(c3ccccn3)c3ccccn3)cc2CN(c2ccccn2)c2ccccn2)c2ccccn2)nc1. The van der Waals surface area contributed by atoms with Gasteiger partial charge < -0.3 is 19.6 Å². The van der Waals surface area contributed by atoms with Crippen LogP contribution in [0, 0.1) is 0 Å². The summed E-state index contributed by atoms with van der Waals surface area (Å²) in [5.74, 6) is 6.18. The molecule has 0 spiro atoms. The molecule has 0 saturated heterocycles. The van der Waals surface area contributed by atoms with Gasteiger partial charge in [-0.3, -0.25) is 0 Å². The molecule has 8 heterocycles. The average molecular weight is 811 g/mol. The number of aromatic nitrogens is 8. The summed E-state index contributed by atoms with van der Waals surface area (Å²) in [7, 11) is 0. The molecule has 9 aromatic rings. The van der Waals surface area contributed by atoms with Crippen molar-refractivity contribution in [3.05, 3.63) is 230 Å². The number of rotatable bonds is 16. The molecule has 8 aromatic heterocycles. The number of benzene rings is 1. The van der Waals surface area contributed by atoms with E-state index in [4.69, 9.17) is 39.9 Å². The highest BCUT2D eigenvalue weighted by Gasteiger charge is 2.24. The Hall–Kier alpha value is -8.38. The van der Waals surface area contributed by atoms with Crippen LogP contribution in [-0.4, -0.2) is 39.9 Å². The minimum absolute atomic E-state index is 0.451. The predicted octanol–water partition coefficient (Wildman–Crippen LogP) is 10.2. The monoisotopic (exact) mass is 810 g/mol. The van der Waals surface area contributed by atoms with Crippen LogP contribution in [0.1, 0.15) is 22.3 Å². The van der Waals surface area contributed by atoms with Crippen LogP contribution in [0.2, 0.25) is 0 Å². The first kappa shape index (κ1) is 39.1. The van der Waals surface area contributed by atoms with Crippen molar-refractivity contribution in [2.75, 3.05) is 19.6 Å². The van der Waals surface area contributed by atoms with Crippen molar-refractivity contribution < 1.29 is 0 Å². The Morgan fingerprint density at radius 1 is 0.226 bits per heavy atom. The maximum Gasteiger partial charge on any atom is 0.134 e. The Labute approximate surface area is 360 Å². The van der Waals surface area contributed by atoms with Gasteiger partial charge >= 0.3 is 0 Å². The predicted molar refractivity (Wildman–Crippen MR) is 244 cm³/mol. The zero-order valence-electron chi connectivity index (χ0n) is 33.8. The number of hydrogen-bond acceptors (Lipinski definition) is 12. The molecule has 1 aromatic carbocycles. The van der Waals surface area contributed by atoms with Gasteiger partial charge in [0, 0.05) is 49.6 Å². The summed E-state index contributed by atoms with van der Waals surface area (Å²) in [6, 6.07) is 52.1. The molecule has 0 unspecified atom stereocenters. The Bertz CT molecular complexity index is 2200. The lowest BCUT2D eigenvalue weighted by Gasteiger charge is -2.31. The van der Waals surface area contributed by atoms with Gasteiger partial charge in [-0.25, -0.2) is 39.9 Å². The van der Waals surface area contributed by atoms with E-state index in [1.807, 2.05) is 195 Å². The first-order valence-electron chi connectivity index (χ1n) is 20.3. The molecule has 0 aliphatic carbocycles. The van der Waals surface area contributed by atoms with Crippen molar-refractivity contribution in [2.24, 2.45) is 0 Å². The molecule has 0 aliphatic heterocycles. The summed E-state index contributed by atoms with van der Waals surface area (Å²) >= 11 is 0. The van der Waals surface area contributed by atoms with Crippen molar-refractivity contribution in [1.29, 1.82) is 0 Å². The van der Waals surface area contributed by atoms with Crippen molar-refractivity contribution in [2.45, 2.75) is 26.2 Å². The topological polar surface area (TPSA) is 116 Å². The molecule has 0 fully saturated rings. The molecule has 302 valence electrons. The summed E-state index contributed by atoms with van der Waals surface area (Å²) in [4.78, 5) is 47.2. The van der Waals surface area contributed by atoms with Crippen LogP contribution in [0.3, 0.4) is 0 Å². The molecule has 0 N–H and O–H groups in total. The molecule has 0 radical (unpaired) electrons. The summed E-state index contributed by atoms with van der Waals surface area (Å²) < 4.78 is 0. The smallest absolute Gasteiger partial charge is 0.134 e. The molecule has 9 rings (SSSR count). The van der Waals surface area contributed by atoms with Crippen LogP contribution < -0.4 is 19.6 Å². The molecule has 0 bridgehead atoms. The minimum atomic E-state index is 0.451. The van der Waals surface area contributed by atoms with E-state index in [9.17, 15) is 0 Å². The summed E-state index contributed by atoms with van der Waals surface area (Å²) in [5, 5.41) is 0. The van der Waals surface area contributed by atoms with Gasteiger partial charge in [0.25, 0.3) is 0 Å². The zero-order valence-corrected chi connectivity index (χ0v) is 33.8. The maximum absolute atomic E-state index is 4.82. The number of nitrogens with zero attached hydrogens (tertiary/aromatic N) is 12. The van der Waals surface area contributed by atoms with E-state index in [0.717, 1.165) is 68.8 Å². The highest BCUT2D eigenvalue weighted by atomic mass is 15.3. The molecule has 0 saturated carbocycles. The Kier molecular flexibility index (Phi) is 12.1. The average Bonchev–Trinajstić information content (AvgIpc) is 3.36. The number of hydrogen-bond donors (Lipinski definition) is 0. The van der Waals surface area contributed by atoms with E-state index in [1.165, 1.54) is 0 Å². The molecule has 62 heavy (non-hydrogen) atoms. The van der Waals surface area contributed by atoms with Crippen LogP contribution in [0.25, 0.3) is 0 Å². The van der Waals surface area contributed by atoms with Gasteiger partial charge in [0.15, 0.2) is 0 Å². The Balaban J connectivity index is 1.27. The van der Waals surface area contributed by atoms with Crippen LogP contribution in [-0.2, 0) is 26.2 Å². The van der Waals surface area contributed by atoms with Gasteiger partial charge in [0.2, 0.25) is 0 Å². The molecule has 12 nitrogen and oxygen atoms in total. The second-order valence-corrected chi connectivity index (χ2v) is 14.2. The van der Waals surface area contributed by atoms with Crippen molar-refractivity contribution >= 4 is 46.5 Å². The lowest BCUT2D eigenvalue weighted by atomic mass is 9.95. The van der Waals surface area contributed by atoms with E-state index >= 15 is 0 Å². The molecule has 12 heteroatoms. The van der Waals surface area contributed by atoms with E-state index < -0.39 is 0 Å². The van der Waals surface area contributed by atoms with Gasteiger partial charge in [-0.15, -0.1) is 0 Å². The highest BCUT2D eigenvalue weighted by Crippen LogP contribution is 2.34. The van der Waals surface area contributed by atoms with E-state index in [2.05, 4.69) is 31.7 Å². The number of pyridine rings is 8. The fraction of sp³-hybridized carbons (Fsp3) is 0.0800. The van der Waals surface area contributed by atoms with Gasteiger partial charge in [-0.1, -0.05) is 60.7 Å². The highest BCUT2D eigenvalue weighted by molar-refractivity contribution is 5.63. The Morgan fingerprint density at radius 3 is 0.516 bits per heavy atom. The summed E-state index contributed by atoms with van der Waals surface area (Å²) in [6.07, 6.45) is 14.5. The fourth-order valence-electron chi connectivity index (χ4n) is 7.29. The van der Waals surface area contributed by atoms with Gasteiger partial charge in [0.05, 0.1) is 26.2 Å². The quantitative estimate of drug-likeness (QED) is 0.0925. The van der Waals surface area contributed by atoms with Crippen LogP contribution in [0.4, 0.5) is 46.5 Å². The van der Waals surface area contributed by atoms with Crippen LogP contribution in [0.5, 0.6) is 0 Å². The summed E-state index contributed by atoms with van der Waals surface area (Å²) in [6.45, 7) is 1.80. The van der Waals surface area contributed by atoms with Gasteiger partial charge in [0.1, 0.15) is 46.5 Å². The largest absolute Gasteiger partial charge is 0.307 e. The summed E-state index contributed by atoms with van der Waals surface area (Å²) in [5.41, 5.74) is 4.23. The third-order valence-electron chi connectivity index (χ3n) is 10.2. The van der Waals surface area contributed by atoms with E-state index in [1.54, 1.807) is 0 Å². The third kappa shape index (κ3) is 9.24.